The molecule has 7 heavy (non-hydrogen) atoms. The van der Waals surface area contributed by atoms with Gasteiger partial charge in [-0.2, -0.15) is 0 Å². The van der Waals surface area contributed by atoms with Crippen molar-refractivity contribution in [2.75, 3.05) is 0 Å². The van der Waals surface area contributed by atoms with Crippen molar-refractivity contribution in [3.8, 4) is 0 Å². The summed E-state index contributed by atoms with van der Waals surface area (Å²) < 4.78 is 2.91. The molecule has 4 heteroatoms. The van der Waals surface area contributed by atoms with Crippen molar-refractivity contribution in [3.05, 3.63) is 0 Å². The lowest BCUT2D eigenvalue weighted by molar-refractivity contribution is -0.118. The van der Waals surface area contributed by atoms with E-state index in [1.807, 2.05) is 0 Å². The molecule has 0 fully saturated rings. The molecule has 0 radical (unpaired) electrons. The monoisotopic (exact) mass is 118 g/mol. The van der Waals surface area contributed by atoms with Gasteiger partial charge in [-0.15, -0.1) is 4.36 Å². The van der Waals surface area contributed by atoms with E-state index in [-0.39, 0.29) is 0 Å². The number of hydrogen-bond acceptors (Lipinski definition) is 3. The molecule has 0 aromatic heterocycles. The van der Waals surface area contributed by atoms with E-state index in [1.54, 1.807) is 0 Å². The molecule has 0 saturated carbocycles. The van der Waals surface area contributed by atoms with Crippen molar-refractivity contribution < 1.29 is 4.79 Å². The lowest BCUT2D eigenvalue weighted by Gasteiger charge is -1.91. The van der Waals surface area contributed by atoms with Crippen molar-refractivity contribution in [3.63, 3.8) is 0 Å². The van der Waals surface area contributed by atoms with Gasteiger partial charge >= 0.3 is 0 Å². The topological polar surface area (TPSA) is 55.5 Å². The number of carbonyl (C=O) groups excluding carboxylic acids is 1. The Hall–Kier alpha value is -0.350. The van der Waals surface area contributed by atoms with E-state index < -0.39 is 11.9 Å². The summed E-state index contributed by atoms with van der Waals surface area (Å²) in [7, 11) is 0. The molecule has 1 amide bonds. The summed E-state index contributed by atoms with van der Waals surface area (Å²) in [6.07, 6.45) is 0. The Morgan fingerprint density at radius 2 is 2.43 bits per heavy atom. The van der Waals surface area contributed by atoms with Gasteiger partial charge in [0.1, 0.15) is 0 Å². The smallest absolute Gasteiger partial charge is 0.273 e. The molecular weight excluding hydrogens is 112 g/mol. The number of nitrogens with two attached hydrogens (primary N) is 1. The fourth-order valence-corrected chi connectivity index (χ4v) is 0.249. The van der Waals surface area contributed by atoms with Crippen LogP contribution in [0, 0.1) is 0 Å². The first-order valence-corrected chi connectivity index (χ1v) is 2.17. The van der Waals surface area contributed by atoms with Gasteiger partial charge in [-0.1, -0.05) is 0 Å². The molecule has 0 rings (SSSR count). The molecule has 0 spiro atoms. The maximum Gasteiger partial charge on any atom is 0.273 e. The molecule has 0 saturated heterocycles. The van der Waals surface area contributed by atoms with Gasteiger partial charge in [-0.05, 0) is 6.92 Å². The van der Waals surface area contributed by atoms with Crippen LogP contribution in [0.4, 0.5) is 0 Å². The van der Waals surface area contributed by atoms with Gasteiger partial charge in [0.15, 0.2) is 0 Å². The molecule has 0 aromatic rings. The molecule has 0 aromatic carbocycles. The van der Waals surface area contributed by atoms with Gasteiger partial charge in [0.2, 0.25) is 0 Å². The highest BCUT2D eigenvalue weighted by molar-refractivity contribution is 7.47. The van der Waals surface area contributed by atoms with Crippen LogP contribution in [0.2, 0.25) is 0 Å². The second kappa shape index (κ2) is 2.76. The van der Waals surface area contributed by atoms with E-state index in [2.05, 4.69) is 16.8 Å². The van der Waals surface area contributed by atoms with Gasteiger partial charge in [0.25, 0.3) is 5.91 Å². The highest BCUT2D eigenvalue weighted by atomic mass is 32.1. The summed E-state index contributed by atoms with van der Waals surface area (Å²) in [5.74, 6) is -0.435. The summed E-state index contributed by atoms with van der Waals surface area (Å²) in [6, 6.07) is -0.544. The summed E-state index contributed by atoms with van der Waals surface area (Å²) in [4.78, 5) is 10.1. The predicted octanol–water partition coefficient (Wildman–Crippen LogP) is -0.409. The molecule has 0 aliphatic heterocycles. The van der Waals surface area contributed by atoms with E-state index in [1.165, 1.54) is 6.92 Å². The largest absolute Gasteiger partial charge is 0.320 e. The van der Waals surface area contributed by atoms with Crippen molar-refractivity contribution >= 4 is 18.3 Å². The SMILES string of the molecule is C[C@H](N)C(=O)N=S. The minimum absolute atomic E-state index is 0.435. The average molecular weight is 118 g/mol. The van der Waals surface area contributed by atoms with Crippen LogP contribution in [-0.4, -0.2) is 11.9 Å². The highest BCUT2D eigenvalue weighted by Gasteiger charge is 2.01. The molecule has 0 bridgehead atoms. The summed E-state index contributed by atoms with van der Waals surface area (Å²) in [5, 5.41) is 0. The molecule has 1 atom stereocenters. The van der Waals surface area contributed by atoms with Gasteiger partial charge in [0.05, 0.1) is 6.04 Å². The van der Waals surface area contributed by atoms with Crippen molar-refractivity contribution in [2.45, 2.75) is 13.0 Å². The molecule has 3 nitrogen and oxygen atoms in total. The van der Waals surface area contributed by atoms with Gasteiger partial charge in [-0.25, -0.2) is 0 Å². The number of carbonyl (C=O) groups is 1. The number of rotatable bonds is 1. The van der Waals surface area contributed by atoms with Crippen LogP contribution in [0.3, 0.4) is 0 Å². The van der Waals surface area contributed by atoms with E-state index >= 15 is 0 Å². The van der Waals surface area contributed by atoms with Crippen LogP contribution in [-0.2, 0) is 17.2 Å². The van der Waals surface area contributed by atoms with Crippen LogP contribution in [0.25, 0.3) is 0 Å². The van der Waals surface area contributed by atoms with Crippen LogP contribution in [0.5, 0.6) is 0 Å². The van der Waals surface area contributed by atoms with E-state index in [0.29, 0.717) is 0 Å². The quantitative estimate of drug-likeness (QED) is 0.509. The van der Waals surface area contributed by atoms with Gasteiger partial charge in [0, 0.05) is 12.4 Å². The minimum atomic E-state index is -0.544. The Morgan fingerprint density at radius 1 is 2.00 bits per heavy atom. The minimum Gasteiger partial charge on any atom is -0.320 e. The second-order valence-electron chi connectivity index (χ2n) is 1.22. The predicted molar refractivity (Wildman–Crippen MR) is 28.4 cm³/mol. The van der Waals surface area contributed by atoms with E-state index in [4.69, 9.17) is 5.73 Å². The van der Waals surface area contributed by atoms with Crippen molar-refractivity contribution in [1.29, 1.82) is 0 Å². The first-order chi connectivity index (χ1) is 3.18. The van der Waals surface area contributed by atoms with Crippen molar-refractivity contribution in [2.24, 2.45) is 10.1 Å². The fraction of sp³-hybridized carbons (Fsp3) is 0.667. The maximum absolute atomic E-state index is 10.1. The summed E-state index contributed by atoms with van der Waals surface area (Å²) in [5.41, 5.74) is 5.04. The third-order valence-electron chi connectivity index (χ3n) is 0.479. The third kappa shape index (κ3) is 2.36. The van der Waals surface area contributed by atoms with Crippen LogP contribution >= 0.6 is 0 Å². The fourth-order valence-electron chi connectivity index (χ4n) is 0.0831. The van der Waals surface area contributed by atoms with E-state index in [0.717, 1.165) is 0 Å². The normalized spacial score (nSPS) is 12.9. The standard InChI is InChI=1S/C3H6N2OS/c1-2(4)3(6)5-7/h2H,4H2,1H3/t2-/m0/s1. The molecule has 40 valence electrons. The molecule has 0 heterocycles. The number of nitrogens with zero attached hydrogens (tertiary/aromatic N) is 1. The molecular formula is C3H6N2OS. The van der Waals surface area contributed by atoms with E-state index in [9.17, 15) is 4.79 Å². The lowest BCUT2D eigenvalue weighted by atomic mass is 10.4. The maximum atomic E-state index is 10.1. The molecule has 2 N–H and O–H groups in total. The first-order valence-electron chi connectivity index (χ1n) is 1.81. The third-order valence-corrected chi connectivity index (χ3v) is 0.659. The lowest BCUT2D eigenvalue weighted by Crippen LogP contribution is -2.24. The zero-order valence-corrected chi connectivity index (χ0v) is 4.73. The number of hydrogen-bond donors (Lipinski definition) is 1. The summed E-state index contributed by atoms with van der Waals surface area (Å²) in [6.45, 7) is 1.54. The Morgan fingerprint density at radius 3 is 2.43 bits per heavy atom. The molecule has 0 aliphatic rings. The summed E-state index contributed by atoms with van der Waals surface area (Å²) >= 11 is 4.05. The average Bonchev–Trinajstić information content (AvgIpc) is 1.65. The number of amides is 1. The zero-order chi connectivity index (χ0) is 5.86. The molecule has 0 aliphatic carbocycles. The van der Waals surface area contributed by atoms with Crippen LogP contribution < -0.4 is 5.73 Å². The highest BCUT2D eigenvalue weighted by Crippen LogP contribution is 1.77. The second-order valence-corrected chi connectivity index (χ2v) is 1.40. The van der Waals surface area contributed by atoms with Crippen LogP contribution in [0.1, 0.15) is 6.92 Å². The Balaban J connectivity index is 3.56. The zero-order valence-electron chi connectivity index (χ0n) is 3.92. The van der Waals surface area contributed by atoms with Crippen LogP contribution in [0.15, 0.2) is 4.36 Å². The van der Waals surface area contributed by atoms with Gasteiger partial charge < -0.3 is 5.73 Å². The van der Waals surface area contributed by atoms with Gasteiger partial charge in [-0.3, -0.25) is 4.79 Å². The Bertz CT molecular complexity index is 90.9. The van der Waals surface area contributed by atoms with Crippen molar-refractivity contribution in [1.82, 2.24) is 0 Å². The first kappa shape index (κ1) is 6.65. The Kier molecular flexibility index (Phi) is 2.62. The Labute approximate surface area is 47.1 Å². The molecule has 0 unspecified atom stereocenters.